The Labute approximate surface area is 281 Å². The van der Waals surface area contributed by atoms with E-state index in [2.05, 4.69) is 57.1 Å². The van der Waals surface area contributed by atoms with E-state index in [1.807, 2.05) is 28.0 Å². The van der Waals surface area contributed by atoms with E-state index in [0.717, 1.165) is 80.1 Å². The Bertz CT molecular complexity index is 1220. The number of rotatable bonds is 7. The summed E-state index contributed by atoms with van der Waals surface area (Å²) in [5.41, 5.74) is 3.69. The molecule has 0 aromatic heterocycles. The van der Waals surface area contributed by atoms with Crippen molar-refractivity contribution in [2.75, 3.05) is 72.6 Å². The van der Waals surface area contributed by atoms with Crippen LogP contribution < -0.4 is 4.74 Å². The topological polar surface area (TPSA) is 76.6 Å². The molecule has 4 aliphatic heterocycles. The number of hydrogen-bond donors (Lipinski definition) is 1. The summed E-state index contributed by atoms with van der Waals surface area (Å²) < 4.78 is 5.50. The highest BCUT2D eigenvalue weighted by molar-refractivity contribution is 9.69. The molecule has 12 heteroatoms. The number of nitrogens with zero attached hydrogens (tertiary/aromatic N) is 4. The van der Waals surface area contributed by atoms with Gasteiger partial charge < -0.3 is 29.4 Å². The second-order valence-corrected chi connectivity index (χ2v) is 17.7. The van der Waals surface area contributed by atoms with Gasteiger partial charge in [0.15, 0.2) is 0 Å². The number of carbonyl (C=O) groups is 2. The highest BCUT2D eigenvalue weighted by atomic mass is 79.9. The molecule has 4 aliphatic rings. The zero-order valence-corrected chi connectivity index (χ0v) is 29.7. The fourth-order valence-corrected chi connectivity index (χ4v) is 6.13. The number of phenols is 1. The molecule has 2 amide bonds. The summed E-state index contributed by atoms with van der Waals surface area (Å²) in [6, 6.07) is 10.8. The van der Waals surface area contributed by atoms with E-state index < -0.39 is 0 Å². The Morgan fingerprint density at radius 2 is 1.14 bits per heavy atom. The third-order valence-corrected chi connectivity index (χ3v) is 8.51. The molecular weight excluding hydrogens is 743 g/mol. The molecule has 234 valence electrons. The monoisotopic (exact) mass is 782 g/mol. The molecule has 1 N–H and O–H groups in total. The zero-order valence-electron chi connectivity index (χ0n) is 24.9. The number of aromatic hydroxyl groups is 1. The number of benzene rings is 2. The van der Waals surface area contributed by atoms with Gasteiger partial charge in [-0.2, -0.15) is 0 Å². The van der Waals surface area contributed by atoms with Crippen LogP contribution in [-0.4, -0.2) is 112 Å². The quantitative estimate of drug-likeness (QED) is 0.378. The summed E-state index contributed by atoms with van der Waals surface area (Å²) in [4.78, 5) is 33.7. The van der Waals surface area contributed by atoms with Gasteiger partial charge in [-0.1, -0.05) is 0 Å². The Kier molecular flexibility index (Phi) is 13.7. The van der Waals surface area contributed by atoms with Gasteiger partial charge >= 0.3 is 3.18 Å². The van der Waals surface area contributed by atoms with Crippen molar-refractivity contribution in [3.8, 4) is 11.5 Å². The van der Waals surface area contributed by atoms with Crippen molar-refractivity contribution in [3.05, 3.63) is 58.7 Å². The minimum absolute atomic E-state index is 0.112. The Morgan fingerprint density at radius 1 is 0.698 bits per heavy atom. The molecule has 0 radical (unpaired) electrons. The predicted molar refractivity (Wildman–Crippen MR) is 184 cm³/mol. The van der Waals surface area contributed by atoms with Crippen LogP contribution in [0.5, 0.6) is 11.5 Å². The minimum Gasteiger partial charge on any atom is -0.508 e. The van der Waals surface area contributed by atoms with Gasteiger partial charge in [-0.05, 0) is 112 Å². The molecule has 4 heterocycles. The van der Waals surface area contributed by atoms with E-state index in [1.165, 1.54) is 51.9 Å². The molecule has 0 unspecified atom stereocenters. The molecule has 0 saturated carbocycles. The first-order valence-electron chi connectivity index (χ1n) is 15.2. The zero-order chi connectivity index (χ0) is 30.8. The van der Waals surface area contributed by atoms with Crippen molar-refractivity contribution < 1.29 is 19.4 Å². The number of fused-ring (bicyclic) bond motifs is 2. The Morgan fingerprint density at radius 3 is 1.60 bits per heavy atom. The lowest BCUT2D eigenvalue weighted by molar-refractivity contribution is 0.0716. The number of ether oxygens (including phenoxy) is 1. The summed E-state index contributed by atoms with van der Waals surface area (Å²) >= 11 is 9.31. The average molecular weight is 785 g/mol. The fraction of sp³-hybridized carbons (Fsp3) is 0.548. The van der Waals surface area contributed by atoms with Crippen molar-refractivity contribution in [1.82, 2.24) is 19.6 Å². The largest absolute Gasteiger partial charge is 0.508 e. The fourth-order valence-electron chi connectivity index (χ4n) is 6.13. The molecule has 2 aromatic rings. The van der Waals surface area contributed by atoms with Gasteiger partial charge in [-0.3, -0.25) is 9.59 Å². The number of phenolic OH excluding ortho intramolecular Hbond substituents is 1. The number of hydrogen-bond acceptors (Lipinski definition) is 6. The Hall–Kier alpha value is -1.60. The standard InChI is InChI=1S/C16H22N2O2.C15H20N2O2.BBr3/c1-20-14-4-5-15-13(12-14)6-9-18(16(15)19)11-10-17-7-2-3-8-17;18-13-3-4-14-12(11-13)5-8-17(15(14)19)10-9-16-6-1-2-7-16;2-1(3)4/h4-5,12H,2-3,6-11H2,1H3;3-4,11,18H,1-2,5-10H2;. The number of amides is 2. The molecule has 0 spiro atoms. The Balaban J connectivity index is 0.000000176. The third-order valence-electron chi connectivity index (χ3n) is 8.51. The maximum absolute atomic E-state index is 12.5. The molecule has 2 aromatic carbocycles. The van der Waals surface area contributed by atoms with E-state index in [-0.39, 0.29) is 20.7 Å². The van der Waals surface area contributed by atoms with Crippen LogP contribution in [0.4, 0.5) is 0 Å². The van der Waals surface area contributed by atoms with Gasteiger partial charge in [0.25, 0.3) is 11.8 Å². The van der Waals surface area contributed by atoms with Gasteiger partial charge in [-0.25, -0.2) is 0 Å². The second-order valence-electron chi connectivity index (χ2n) is 11.3. The summed E-state index contributed by atoms with van der Waals surface area (Å²) in [6.45, 7) is 9.99. The van der Waals surface area contributed by atoms with Crippen molar-refractivity contribution in [1.29, 1.82) is 0 Å². The number of halogens is 3. The lowest BCUT2D eigenvalue weighted by atomic mass is 9.98. The summed E-state index contributed by atoms with van der Waals surface area (Å²) in [5.74, 6) is 1.37. The lowest BCUT2D eigenvalue weighted by Gasteiger charge is -2.30. The van der Waals surface area contributed by atoms with E-state index in [1.54, 1.807) is 25.3 Å². The van der Waals surface area contributed by atoms with Crippen LogP contribution in [0.25, 0.3) is 0 Å². The highest BCUT2D eigenvalue weighted by Crippen LogP contribution is 2.25. The van der Waals surface area contributed by atoms with Crippen molar-refractivity contribution in [3.63, 3.8) is 0 Å². The van der Waals surface area contributed by atoms with Gasteiger partial charge in [-0.15, -0.1) is 47.3 Å². The van der Waals surface area contributed by atoms with E-state index in [9.17, 15) is 14.7 Å². The third kappa shape index (κ3) is 10.2. The van der Waals surface area contributed by atoms with Crippen molar-refractivity contribution in [2.24, 2.45) is 0 Å². The molecule has 43 heavy (non-hydrogen) atoms. The van der Waals surface area contributed by atoms with Gasteiger partial charge in [0, 0.05) is 50.4 Å². The first-order valence-corrected chi connectivity index (χ1v) is 17.9. The van der Waals surface area contributed by atoms with Crippen LogP contribution in [0, 0.1) is 0 Å². The first kappa shape index (κ1) is 34.3. The molecule has 0 atom stereocenters. The van der Waals surface area contributed by atoms with Crippen LogP contribution in [0.15, 0.2) is 36.4 Å². The van der Waals surface area contributed by atoms with Crippen molar-refractivity contribution in [2.45, 2.75) is 38.5 Å². The second kappa shape index (κ2) is 17.2. The molecule has 2 fully saturated rings. The first-order chi connectivity index (χ1) is 20.7. The molecule has 6 rings (SSSR count). The summed E-state index contributed by atoms with van der Waals surface area (Å²) in [5, 5.41) is 9.46. The van der Waals surface area contributed by atoms with Gasteiger partial charge in [0.2, 0.25) is 0 Å². The van der Waals surface area contributed by atoms with Crippen LogP contribution in [0.3, 0.4) is 0 Å². The van der Waals surface area contributed by atoms with E-state index >= 15 is 0 Å². The molecule has 2 saturated heterocycles. The number of likely N-dealkylation sites (tertiary alicyclic amines) is 2. The normalized spacial score (nSPS) is 18.3. The lowest BCUT2D eigenvalue weighted by Crippen LogP contribution is -2.42. The van der Waals surface area contributed by atoms with Crippen LogP contribution >= 0.6 is 47.3 Å². The van der Waals surface area contributed by atoms with Crippen molar-refractivity contribution >= 4 is 62.3 Å². The van der Waals surface area contributed by atoms with E-state index in [0.29, 0.717) is 0 Å². The molecular formula is C31H42BBr3N4O4. The van der Waals surface area contributed by atoms with Gasteiger partial charge in [0.05, 0.1) is 7.11 Å². The maximum atomic E-state index is 12.5. The molecule has 8 nitrogen and oxygen atoms in total. The highest BCUT2D eigenvalue weighted by Gasteiger charge is 2.26. The summed E-state index contributed by atoms with van der Waals surface area (Å²) in [7, 11) is 1.66. The molecule has 0 aliphatic carbocycles. The SMILES string of the molecule is BrB(Br)Br.COc1ccc2c(c1)CCN(CCN1CCCC1)C2=O.O=C1c2ccc(O)cc2CCN1CCN1CCCC1. The number of methoxy groups -OCH3 is 1. The minimum atomic E-state index is 0.112. The maximum Gasteiger partial charge on any atom is 0.369 e. The van der Waals surface area contributed by atoms with Crippen LogP contribution in [0.2, 0.25) is 0 Å². The van der Waals surface area contributed by atoms with Gasteiger partial charge in [0.1, 0.15) is 11.5 Å². The van der Waals surface area contributed by atoms with Crippen LogP contribution in [0.1, 0.15) is 57.5 Å². The van der Waals surface area contributed by atoms with E-state index in [4.69, 9.17) is 4.74 Å². The average Bonchev–Trinajstić information content (AvgIpc) is 3.71. The number of carbonyl (C=O) groups excluding carboxylic acids is 2. The summed E-state index contributed by atoms with van der Waals surface area (Å²) in [6.07, 6.45) is 6.95. The van der Waals surface area contributed by atoms with Crippen LogP contribution in [-0.2, 0) is 12.8 Å². The smallest absolute Gasteiger partial charge is 0.369 e. The predicted octanol–water partition coefficient (Wildman–Crippen LogP) is 5.43. The molecule has 0 bridgehead atoms.